The highest BCUT2D eigenvalue weighted by Crippen LogP contribution is 2.31. The molecule has 1 aromatic rings. The second kappa shape index (κ2) is 6.75. The van der Waals surface area contributed by atoms with E-state index >= 15 is 0 Å². The average Bonchev–Trinajstić information content (AvgIpc) is 2.88. The summed E-state index contributed by atoms with van der Waals surface area (Å²) >= 11 is 1.31. The monoisotopic (exact) mass is 332 g/mol. The van der Waals surface area contributed by atoms with E-state index in [0.717, 1.165) is 38.0 Å². The van der Waals surface area contributed by atoms with Crippen LogP contribution in [0.4, 0.5) is 0 Å². The van der Waals surface area contributed by atoms with Crippen LogP contribution in [0.1, 0.15) is 30.2 Å². The molecule has 0 bridgehead atoms. The molecular formula is C14H24N2O3S2. The summed E-state index contributed by atoms with van der Waals surface area (Å²) in [6.45, 7) is 6.59. The number of aliphatic hydroxyl groups is 1. The van der Waals surface area contributed by atoms with Crippen LogP contribution in [-0.4, -0.2) is 55.5 Å². The fourth-order valence-electron chi connectivity index (χ4n) is 2.88. The maximum Gasteiger partial charge on any atom is 0.244 e. The molecule has 21 heavy (non-hydrogen) atoms. The van der Waals surface area contributed by atoms with Crippen molar-refractivity contribution in [3.05, 3.63) is 15.8 Å². The third-order valence-electron chi connectivity index (χ3n) is 4.29. The summed E-state index contributed by atoms with van der Waals surface area (Å²) in [7, 11) is -1.86. The summed E-state index contributed by atoms with van der Waals surface area (Å²) < 4.78 is 27.2. The molecule has 1 aliphatic heterocycles. The molecule has 0 unspecified atom stereocenters. The predicted octanol–water partition coefficient (Wildman–Crippen LogP) is 1.65. The minimum absolute atomic E-state index is 0.0450. The summed E-state index contributed by atoms with van der Waals surface area (Å²) in [5.41, 5.74) is 0.724. The first-order valence-corrected chi connectivity index (χ1v) is 9.62. The molecule has 0 spiro atoms. The van der Waals surface area contributed by atoms with Gasteiger partial charge in [-0.3, -0.25) is 0 Å². The lowest BCUT2D eigenvalue weighted by Crippen LogP contribution is -2.45. The van der Waals surface area contributed by atoms with Crippen molar-refractivity contribution in [2.24, 2.45) is 0 Å². The molecule has 0 radical (unpaired) electrons. The van der Waals surface area contributed by atoms with Crippen molar-refractivity contribution in [3.8, 4) is 0 Å². The van der Waals surface area contributed by atoms with E-state index in [4.69, 9.17) is 0 Å². The highest BCUT2D eigenvalue weighted by atomic mass is 32.2. The number of nitrogens with zero attached hydrogens (tertiary/aromatic N) is 2. The van der Waals surface area contributed by atoms with Gasteiger partial charge in [0.1, 0.15) is 4.90 Å². The number of rotatable bonds is 5. The van der Waals surface area contributed by atoms with Gasteiger partial charge in [0.05, 0.1) is 11.5 Å². The zero-order valence-electron chi connectivity index (χ0n) is 12.9. The van der Waals surface area contributed by atoms with Crippen LogP contribution in [0.25, 0.3) is 0 Å². The van der Waals surface area contributed by atoms with Crippen molar-refractivity contribution in [1.29, 1.82) is 0 Å². The normalized spacial score (nSPS) is 18.5. The minimum Gasteiger partial charge on any atom is -0.391 e. The molecule has 0 amide bonds. The van der Waals surface area contributed by atoms with Crippen LogP contribution in [-0.2, 0) is 16.6 Å². The van der Waals surface area contributed by atoms with Gasteiger partial charge in [0.25, 0.3) is 0 Å². The Balaban J connectivity index is 2.21. The first-order chi connectivity index (χ1) is 9.91. The van der Waals surface area contributed by atoms with Crippen molar-refractivity contribution in [3.63, 3.8) is 0 Å². The molecule has 1 aliphatic rings. The Bertz CT molecular complexity index is 575. The van der Waals surface area contributed by atoms with Crippen molar-refractivity contribution in [2.45, 2.75) is 44.2 Å². The molecule has 2 rings (SSSR count). The van der Waals surface area contributed by atoms with Crippen LogP contribution in [0.3, 0.4) is 0 Å². The number of hydrogen-bond donors (Lipinski definition) is 1. The Labute approximate surface area is 131 Å². The zero-order chi connectivity index (χ0) is 15.6. The fourth-order valence-corrected chi connectivity index (χ4v) is 5.91. The van der Waals surface area contributed by atoms with Gasteiger partial charge in [0.15, 0.2) is 0 Å². The van der Waals surface area contributed by atoms with Gasteiger partial charge >= 0.3 is 0 Å². The predicted molar refractivity (Wildman–Crippen MR) is 85.1 cm³/mol. The van der Waals surface area contributed by atoms with Gasteiger partial charge in [-0.15, -0.1) is 11.3 Å². The van der Waals surface area contributed by atoms with Crippen molar-refractivity contribution < 1.29 is 13.5 Å². The Kier molecular flexibility index (Phi) is 5.43. The van der Waals surface area contributed by atoms with Crippen LogP contribution >= 0.6 is 11.3 Å². The number of piperidine rings is 1. The Morgan fingerprint density at radius 3 is 2.57 bits per heavy atom. The van der Waals surface area contributed by atoms with E-state index in [-0.39, 0.29) is 12.6 Å². The van der Waals surface area contributed by atoms with Crippen molar-refractivity contribution in [1.82, 2.24) is 9.21 Å². The van der Waals surface area contributed by atoms with Gasteiger partial charge in [0, 0.05) is 13.1 Å². The summed E-state index contributed by atoms with van der Waals surface area (Å²) in [5.74, 6) is 0. The van der Waals surface area contributed by atoms with E-state index in [9.17, 15) is 13.5 Å². The van der Waals surface area contributed by atoms with E-state index in [1.807, 2.05) is 0 Å². The van der Waals surface area contributed by atoms with Gasteiger partial charge in [-0.05, 0) is 50.3 Å². The summed E-state index contributed by atoms with van der Waals surface area (Å²) in [6.07, 6.45) is 1.72. The minimum atomic E-state index is -3.53. The molecule has 0 atom stereocenters. The largest absolute Gasteiger partial charge is 0.391 e. The number of aliphatic hydroxyl groups excluding tert-OH is 1. The van der Waals surface area contributed by atoms with E-state index < -0.39 is 10.0 Å². The van der Waals surface area contributed by atoms with E-state index in [2.05, 4.69) is 11.8 Å². The average molecular weight is 332 g/mol. The van der Waals surface area contributed by atoms with Crippen LogP contribution in [0, 0.1) is 6.92 Å². The second-order valence-electron chi connectivity index (χ2n) is 5.52. The number of aryl methyl sites for hydroxylation is 1. The van der Waals surface area contributed by atoms with Crippen LogP contribution in [0.5, 0.6) is 0 Å². The number of likely N-dealkylation sites (tertiary alicyclic amines) is 1. The molecule has 0 aliphatic carbocycles. The lowest BCUT2D eigenvalue weighted by molar-refractivity contribution is 0.176. The number of thiophene rings is 1. The first kappa shape index (κ1) is 16.9. The van der Waals surface area contributed by atoms with Gasteiger partial charge in [0.2, 0.25) is 10.0 Å². The molecule has 120 valence electrons. The smallest absolute Gasteiger partial charge is 0.244 e. The molecule has 0 saturated carbocycles. The Morgan fingerprint density at radius 2 is 2.05 bits per heavy atom. The second-order valence-corrected chi connectivity index (χ2v) is 8.41. The van der Waals surface area contributed by atoms with E-state index in [0.29, 0.717) is 9.77 Å². The van der Waals surface area contributed by atoms with E-state index in [1.54, 1.807) is 19.4 Å². The molecule has 1 saturated heterocycles. The summed E-state index contributed by atoms with van der Waals surface area (Å²) in [5, 5.41) is 11.2. The first-order valence-electron chi connectivity index (χ1n) is 7.30. The maximum atomic E-state index is 12.9. The fraction of sp³-hybridized carbons (Fsp3) is 0.714. The van der Waals surface area contributed by atoms with Gasteiger partial charge < -0.3 is 10.0 Å². The molecule has 2 heterocycles. The number of sulfonamides is 1. The Hall–Kier alpha value is -0.470. The summed E-state index contributed by atoms with van der Waals surface area (Å²) in [6, 6.07) is 0.0450. The van der Waals surface area contributed by atoms with Gasteiger partial charge in [-0.2, -0.15) is 4.31 Å². The zero-order valence-corrected chi connectivity index (χ0v) is 14.5. The highest BCUT2D eigenvalue weighted by Gasteiger charge is 2.33. The van der Waals surface area contributed by atoms with Crippen LogP contribution in [0.15, 0.2) is 10.3 Å². The molecule has 1 aromatic heterocycles. The Morgan fingerprint density at radius 1 is 1.43 bits per heavy atom. The lowest BCUT2D eigenvalue weighted by atomic mass is 10.1. The number of hydrogen-bond acceptors (Lipinski definition) is 5. The van der Waals surface area contributed by atoms with Gasteiger partial charge in [-0.25, -0.2) is 8.42 Å². The van der Waals surface area contributed by atoms with Crippen LogP contribution < -0.4 is 0 Å². The lowest BCUT2D eigenvalue weighted by Gasteiger charge is -2.35. The SMILES string of the molecule is CCN1CCC(N(C)S(=O)(=O)c2c(C)csc2CO)CC1. The molecule has 1 fully saturated rings. The summed E-state index contributed by atoms with van der Waals surface area (Å²) in [4.78, 5) is 3.17. The third kappa shape index (κ3) is 3.32. The maximum absolute atomic E-state index is 12.9. The van der Waals surface area contributed by atoms with Gasteiger partial charge in [-0.1, -0.05) is 6.92 Å². The highest BCUT2D eigenvalue weighted by molar-refractivity contribution is 7.89. The molecule has 0 aromatic carbocycles. The quantitative estimate of drug-likeness (QED) is 0.891. The molecular weight excluding hydrogens is 308 g/mol. The van der Waals surface area contributed by atoms with E-state index in [1.165, 1.54) is 15.6 Å². The van der Waals surface area contributed by atoms with Crippen molar-refractivity contribution >= 4 is 21.4 Å². The van der Waals surface area contributed by atoms with Crippen molar-refractivity contribution in [2.75, 3.05) is 26.7 Å². The third-order valence-corrected chi connectivity index (χ3v) is 7.65. The molecule has 7 heteroatoms. The molecule has 1 N–H and O–H groups in total. The van der Waals surface area contributed by atoms with Crippen LogP contribution in [0.2, 0.25) is 0 Å². The topological polar surface area (TPSA) is 60.9 Å². The molecule has 5 nitrogen and oxygen atoms in total. The standard InChI is InChI=1S/C14H24N2O3S2/c1-4-16-7-5-12(6-8-16)15(3)21(18,19)14-11(2)10-20-13(14)9-17/h10,12,17H,4-9H2,1-3H3.